The number of carboxylic acid groups (broad SMARTS) is 1. The lowest BCUT2D eigenvalue weighted by Gasteiger charge is -2.37. The van der Waals surface area contributed by atoms with E-state index in [1.807, 2.05) is 6.92 Å². The Morgan fingerprint density at radius 3 is 2.60 bits per heavy atom. The van der Waals surface area contributed by atoms with E-state index in [1.165, 1.54) is 12.1 Å². The van der Waals surface area contributed by atoms with E-state index in [-0.39, 0.29) is 27.4 Å². The van der Waals surface area contributed by atoms with Crippen LogP contribution in [-0.2, 0) is 14.8 Å². The van der Waals surface area contributed by atoms with Crippen LogP contribution in [0.25, 0.3) is 0 Å². The van der Waals surface area contributed by atoms with Crippen molar-refractivity contribution in [1.29, 1.82) is 0 Å². The Balaban J connectivity index is 2.17. The minimum Gasteiger partial charge on any atom is -0.478 e. The SMILES string of the molecule is CC1(CNS(=O)(=O)c2ccc(C(=O)O)c(Cl)c2)COC1. The van der Waals surface area contributed by atoms with Crippen molar-refractivity contribution < 1.29 is 23.1 Å². The van der Waals surface area contributed by atoms with Gasteiger partial charge < -0.3 is 9.84 Å². The zero-order chi connectivity index (χ0) is 15.0. The Morgan fingerprint density at radius 2 is 2.15 bits per heavy atom. The molecule has 0 saturated carbocycles. The lowest BCUT2D eigenvalue weighted by atomic mass is 9.89. The molecular weight excluding hydrogens is 306 g/mol. The van der Waals surface area contributed by atoms with Gasteiger partial charge in [0.15, 0.2) is 0 Å². The largest absolute Gasteiger partial charge is 0.478 e. The molecule has 1 aliphatic rings. The summed E-state index contributed by atoms with van der Waals surface area (Å²) in [6, 6.07) is 3.53. The van der Waals surface area contributed by atoms with Gasteiger partial charge in [0, 0.05) is 12.0 Å². The van der Waals surface area contributed by atoms with Crippen LogP contribution in [0.5, 0.6) is 0 Å². The smallest absolute Gasteiger partial charge is 0.337 e. The summed E-state index contributed by atoms with van der Waals surface area (Å²) in [5, 5.41) is 8.73. The molecule has 0 aliphatic carbocycles. The van der Waals surface area contributed by atoms with Crippen molar-refractivity contribution in [2.24, 2.45) is 5.41 Å². The summed E-state index contributed by atoms with van der Waals surface area (Å²) in [6.45, 7) is 3.19. The summed E-state index contributed by atoms with van der Waals surface area (Å²) < 4.78 is 31.7. The second-order valence-corrected chi connectivity index (χ2v) is 7.25. The summed E-state index contributed by atoms with van der Waals surface area (Å²) >= 11 is 5.77. The van der Waals surface area contributed by atoms with Crippen LogP contribution in [0.15, 0.2) is 23.1 Å². The number of ether oxygens (including phenoxy) is 1. The van der Waals surface area contributed by atoms with E-state index in [0.717, 1.165) is 6.07 Å². The fourth-order valence-corrected chi connectivity index (χ4v) is 3.29. The first kappa shape index (κ1) is 15.2. The third kappa shape index (κ3) is 3.12. The van der Waals surface area contributed by atoms with Crippen molar-refractivity contribution in [2.75, 3.05) is 19.8 Å². The van der Waals surface area contributed by atoms with Crippen molar-refractivity contribution in [2.45, 2.75) is 11.8 Å². The van der Waals surface area contributed by atoms with E-state index in [4.69, 9.17) is 21.4 Å². The van der Waals surface area contributed by atoms with Crippen LogP contribution >= 0.6 is 11.6 Å². The van der Waals surface area contributed by atoms with Crippen molar-refractivity contribution >= 4 is 27.6 Å². The highest BCUT2D eigenvalue weighted by molar-refractivity contribution is 7.89. The molecule has 0 atom stereocenters. The van der Waals surface area contributed by atoms with Crippen LogP contribution in [0.4, 0.5) is 0 Å². The first-order valence-corrected chi connectivity index (χ1v) is 7.70. The molecule has 0 unspecified atom stereocenters. The maximum atomic E-state index is 12.1. The van der Waals surface area contributed by atoms with E-state index >= 15 is 0 Å². The van der Waals surface area contributed by atoms with Gasteiger partial charge >= 0.3 is 5.97 Å². The standard InChI is InChI=1S/C12H14ClNO5S/c1-12(6-19-7-12)5-14-20(17,18)8-2-3-9(11(15)16)10(13)4-8/h2-4,14H,5-7H2,1H3,(H,15,16). The van der Waals surface area contributed by atoms with Gasteiger partial charge in [-0.2, -0.15) is 0 Å². The monoisotopic (exact) mass is 319 g/mol. The Hall–Kier alpha value is -1.15. The quantitative estimate of drug-likeness (QED) is 0.854. The van der Waals surface area contributed by atoms with Crippen LogP contribution in [0.2, 0.25) is 5.02 Å². The van der Waals surface area contributed by atoms with Crippen molar-refractivity contribution in [1.82, 2.24) is 4.72 Å². The van der Waals surface area contributed by atoms with Gasteiger partial charge in [-0.1, -0.05) is 18.5 Å². The van der Waals surface area contributed by atoms with Crippen LogP contribution in [-0.4, -0.2) is 39.3 Å². The van der Waals surface area contributed by atoms with Gasteiger partial charge in [-0.25, -0.2) is 17.9 Å². The molecule has 0 amide bonds. The van der Waals surface area contributed by atoms with E-state index in [0.29, 0.717) is 13.2 Å². The molecule has 1 heterocycles. The van der Waals surface area contributed by atoms with Gasteiger partial charge in [-0.3, -0.25) is 0 Å². The van der Waals surface area contributed by atoms with Gasteiger partial charge in [0.2, 0.25) is 10.0 Å². The average molecular weight is 320 g/mol. The lowest BCUT2D eigenvalue weighted by Crippen LogP contribution is -2.48. The van der Waals surface area contributed by atoms with E-state index < -0.39 is 16.0 Å². The topological polar surface area (TPSA) is 92.7 Å². The number of sulfonamides is 1. The number of benzene rings is 1. The van der Waals surface area contributed by atoms with Crippen molar-refractivity contribution in [3.8, 4) is 0 Å². The zero-order valence-electron chi connectivity index (χ0n) is 10.7. The van der Waals surface area contributed by atoms with E-state index in [2.05, 4.69) is 4.72 Å². The number of hydrogen-bond acceptors (Lipinski definition) is 4. The van der Waals surface area contributed by atoms with Gasteiger partial charge in [-0.05, 0) is 18.2 Å². The average Bonchev–Trinajstić information content (AvgIpc) is 2.33. The molecule has 0 aromatic heterocycles. The molecule has 0 radical (unpaired) electrons. The third-order valence-electron chi connectivity index (χ3n) is 3.07. The Labute approximate surface area is 121 Å². The fourth-order valence-electron chi connectivity index (χ4n) is 1.74. The highest BCUT2D eigenvalue weighted by Gasteiger charge is 2.34. The maximum Gasteiger partial charge on any atom is 0.337 e. The molecule has 1 aromatic carbocycles. The molecule has 1 aromatic rings. The normalized spacial score (nSPS) is 17.5. The molecule has 110 valence electrons. The highest BCUT2D eigenvalue weighted by atomic mass is 35.5. The van der Waals surface area contributed by atoms with Crippen LogP contribution < -0.4 is 4.72 Å². The van der Waals surface area contributed by atoms with Gasteiger partial charge in [-0.15, -0.1) is 0 Å². The maximum absolute atomic E-state index is 12.1. The zero-order valence-corrected chi connectivity index (χ0v) is 12.3. The van der Waals surface area contributed by atoms with Gasteiger partial charge in [0.25, 0.3) is 0 Å². The number of halogens is 1. The minimum absolute atomic E-state index is 0.0589. The minimum atomic E-state index is -3.72. The summed E-state index contributed by atoms with van der Waals surface area (Å²) in [6.07, 6.45) is 0. The molecule has 2 N–H and O–H groups in total. The predicted octanol–water partition coefficient (Wildman–Crippen LogP) is 1.35. The number of rotatable bonds is 5. The fraction of sp³-hybridized carbons (Fsp3) is 0.417. The van der Waals surface area contributed by atoms with E-state index in [9.17, 15) is 13.2 Å². The van der Waals surface area contributed by atoms with Crippen LogP contribution in [0, 0.1) is 5.41 Å². The summed E-state index contributed by atoms with van der Waals surface area (Å²) in [5.41, 5.74) is -0.331. The van der Waals surface area contributed by atoms with Gasteiger partial charge in [0.1, 0.15) is 0 Å². The first-order chi connectivity index (χ1) is 9.23. The highest BCUT2D eigenvalue weighted by Crippen LogP contribution is 2.26. The molecule has 1 fully saturated rings. The molecule has 6 nitrogen and oxygen atoms in total. The molecule has 0 bridgehead atoms. The van der Waals surface area contributed by atoms with Crippen LogP contribution in [0.1, 0.15) is 17.3 Å². The Morgan fingerprint density at radius 1 is 1.50 bits per heavy atom. The number of nitrogens with one attached hydrogen (secondary N) is 1. The van der Waals surface area contributed by atoms with Crippen molar-refractivity contribution in [3.63, 3.8) is 0 Å². The predicted molar refractivity (Wildman–Crippen MR) is 72.5 cm³/mol. The first-order valence-electron chi connectivity index (χ1n) is 5.84. The Bertz CT molecular complexity index is 639. The molecule has 2 rings (SSSR count). The second kappa shape index (κ2) is 5.33. The number of aromatic carboxylic acids is 1. The number of hydrogen-bond donors (Lipinski definition) is 2. The molecular formula is C12H14ClNO5S. The van der Waals surface area contributed by atoms with Crippen LogP contribution in [0.3, 0.4) is 0 Å². The molecule has 8 heteroatoms. The lowest BCUT2D eigenvalue weighted by molar-refractivity contribution is -0.0965. The van der Waals surface area contributed by atoms with Gasteiger partial charge in [0.05, 0.1) is 28.7 Å². The summed E-state index contributed by atoms with van der Waals surface area (Å²) in [5.74, 6) is -1.20. The molecule has 1 saturated heterocycles. The third-order valence-corrected chi connectivity index (χ3v) is 4.78. The molecule has 1 aliphatic heterocycles. The molecule has 20 heavy (non-hydrogen) atoms. The summed E-state index contributed by atoms with van der Waals surface area (Å²) in [4.78, 5) is 10.8. The second-order valence-electron chi connectivity index (χ2n) is 5.07. The number of carboxylic acids is 1. The number of carbonyl (C=O) groups is 1. The summed E-state index contributed by atoms with van der Waals surface area (Å²) in [7, 11) is -3.72. The molecule has 0 spiro atoms. The van der Waals surface area contributed by atoms with Crippen molar-refractivity contribution in [3.05, 3.63) is 28.8 Å². The van der Waals surface area contributed by atoms with E-state index in [1.54, 1.807) is 0 Å². The Kier molecular flexibility index (Phi) is 4.06.